The van der Waals surface area contributed by atoms with Crippen LogP contribution in [0.25, 0.3) is 0 Å². The van der Waals surface area contributed by atoms with E-state index in [9.17, 15) is 4.79 Å². The Balaban J connectivity index is 1.52. The molecule has 3 rings (SSSR count). The molecule has 0 unspecified atom stereocenters. The Labute approximate surface area is 183 Å². The first-order valence-electron chi connectivity index (χ1n) is 10.4. The molecule has 0 aliphatic heterocycles. The molecule has 0 bridgehead atoms. The molecule has 0 fully saturated rings. The molecule has 1 aromatic heterocycles. The number of rotatable bonds is 10. The molecule has 1 heterocycles. The van der Waals surface area contributed by atoms with Gasteiger partial charge in [-0.1, -0.05) is 54.9 Å². The lowest BCUT2D eigenvalue weighted by Crippen LogP contribution is -2.20. The first-order valence-corrected chi connectivity index (χ1v) is 10.8. The minimum Gasteiger partial charge on any atom is -0.489 e. The Bertz CT molecular complexity index is 981. The average Bonchev–Trinajstić information content (AvgIpc) is 2.74. The SMILES string of the molecule is CCCN(C)Cc1ccc(CCn2ccc(OCc3ccc(Cl)cc3)cc2=O)cc1. The topological polar surface area (TPSA) is 34.5 Å². The van der Waals surface area contributed by atoms with Crippen molar-refractivity contribution in [2.24, 2.45) is 0 Å². The molecular weight excluding hydrogens is 396 g/mol. The normalized spacial score (nSPS) is 11.1. The molecule has 2 aromatic carbocycles. The van der Waals surface area contributed by atoms with E-state index >= 15 is 0 Å². The van der Waals surface area contributed by atoms with Crippen molar-refractivity contribution in [2.45, 2.75) is 39.5 Å². The molecule has 0 saturated heterocycles. The van der Waals surface area contributed by atoms with Crippen LogP contribution in [0.5, 0.6) is 5.75 Å². The van der Waals surface area contributed by atoms with Gasteiger partial charge in [-0.2, -0.15) is 0 Å². The number of nitrogens with zero attached hydrogens (tertiary/aromatic N) is 2. The number of benzene rings is 2. The maximum Gasteiger partial charge on any atom is 0.254 e. The van der Waals surface area contributed by atoms with Gasteiger partial charge in [-0.05, 0) is 61.3 Å². The first-order chi connectivity index (χ1) is 14.5. The fourth-order valence-corrected chi connectivity index (χ4v) is 3.47. The standard InChI is InChI=1S/C25H29ClN2O2/c1-3-14-27(2)18-21-6-4-20(5-7-21)12-15-28-16-13-24(17-25(28)29)30-19-22-8-10-23(26)11-9-22/h4-11,13,16-17H,3,12,14-15,18-19H2,1-2H3. The van der Waals surface area contributed by atoms with Gasteiger partial charge in [-0.15, -0.1) is 0 Å². The van der Waals surface area contributed by atoms with Crippen molar-refractivity contribution >= 4 is 11.6 Å². The third-order valence-electron chi connectivity index (χ3n) is 5.01. The van der Waals surface area contributed by atoms with Gasteiger partial charge < -0.3 is 14.2 Å². The van der Waals surface area contributed by atoms with Crippen molar-refractivity contribution in [2.75, 3.05) is 13.6 Å². The first kappa shape index (κ1) is 22.1. The summed E-state index contributed by atoms with van der Waals surface area (Å²) >= 11 is 5.89. The second-order valence-electron chi connectivity index (χ2n) is 7.61. The minimum atomic E-state index is -0.0542. The van der Waals surface area contributed by atoms with Gasteiger partial charge in [0.1, 0.15) is 12.4 Å². The second-order valence-corrected chi connectivity index (χ2v) is 8.05. The highest BCUT2D eigenvalue weighted by Gasteiger charge is 2.03. The lowest BCUT2D eigenvalue weighted by atomic mass is 10.1. The predicted octanol–water partition coefficient (Wildman–Crippen LogP) is 5.17. The molecular formula is C25H29ClN2O2. The molecule has 0 atom stereocenters. The zero-order valence-electron chi connectivity index (χ0n) is 17.7. The van der Waals surface area contributed by atoms with Gasteiger partial charge in [0.15, 0.2) is 0 Å². The van der Waals surface area contributed by atoms with Crippen LogP contribution in [0.3, 0.4) is 0 Å². The summed E-state index contributed by atoms with van der Waals surface area (Å²) in [6.07, 6.45) is 3.78. The van der Waals surface area contributed by atoms with Crippen molar-refractivity contribution < 1.29 is 4.74 Å². The van der Waals surface area contributed by atoms with Gasteiger partial charge in [0.2, 0.25) is 0 Å². The molecule has 3 aromatic rings. The largest absolute Gasteiger partial charge is 0.489 e. The van der Waals surface area contributed by atoms with Gasteiger partial charge in [-0.25, -0.2) is 0 Å². The molecule has 0 aliphatic carbocycles. The molecule has 30 heavy (non-hydrogen) atoms. The molecule has 0 amide bonds. The lowest BCUT2D eigenvalue weighted by molar-refractivity contribution is 0.305. The summed E-state index contributed by atoms with van der Waals surface area (Å²) < 4.78 is 7.45. The van der Waals surface area contributed by atoms with Crippen LogP contribution in [0.1, 0.15) is 30.0 Å². The molecule has 4 nitrogen and oxygen atoms in total. The fourth-order valence-electron chi connectivity index (χ4n) is 3.34. The quantitative estimate of drug-likeness (QED) is 0.450. The molecule has 0 spiro atoms. The molecule has 0 saturated carbocycles. The Kier molecular flexibility index (Phi) is 8.12. The smallest absolute Gasteiger partial charge is 0.254 e. The summed E-state index contributed by atoms with van der Waals surface area (Å²) in [5.74, 6) is 0.576. The Hall–Kier alpha value is -2.56. The van der Waals surface area contributed by atoms with Crippen LogP contribution in [0.15, 0.2) is 71.7 Å². The Morgan fingerprint density at radius 1 is 0.967 bits per heavy atom. The van der Waals surface area contributed by atoms with Crippen LogP contribution in [-0.4, -0.2) is 23.1 Å². The van der Waals surface area contributed by atoms with Crippen molar-refractivity contribution in [3.63, 3.8) is 0 Å². The monoisotopic (exact) mass is 424 g/mol. The number of ether oxygens (including phenoxy) is 1. The van der Waals surface area contributed by atoms with Crippen LogP contribution in [0.4, 0.5) is 0 Å². The number of pyridine rings is 1. The van der Waals surface area contributed by atoms with E-state index < -0.39 is 0 Å². The highest BCUT2D eigenvalue weighted by Crippen LogP contribution is 2.13. The van der Waals surface area contributed by atoms with Crippen molar-refractivity contribution in [1.82, 2.24) is 9.47 Å². The third-order valence-corrected chi connectivity index (χ3v) is 5.26. The van der Waals surface area contributed by atoms with E-state index in [0.717, 1.165) is 31.5 Å². The molecule has 5 heteroatoms. The van der Waals surface area contributed by atoms with Gasteiger partial charge in [0, 0.05) is 30.4 Å². The van der Waals surface area contributed by atoms with E-state index in [2.05, 4.69) is 43.1 Å². The zero-order valence-corrected chi connectivity index (χ0v) is 18.4. The number of hydrogen-bond acceptors (Lipinski definition) is 3. The highest BCUT2D eigenvalue weighted by atomic mass is 35.5. The number of hydrogen-bond donors (Lipinski definition) is 0. The fraction of sp³-hybridized carbons (Fsp3) is 0.320. The van der Waals surface area contributed by atoms with Gasteiger partial charge in [0.05, 0.1) is 0 Å². The van der Waals surface area contributed by atoms with Gasteiger partial charge in [-0.3, -0.25) is 4.79 Å². The van der Waals surface area contributed by atoms with Crippen molar-refractivity contribution in [1.29, 1.82) is 0 Å². The van der Waals surface area contributed by atoms with Gasteiger partial charge >= 0.3 is 0 Å². The summed E-state index contributed by atoms with van der Waals surface area (Å²) in [6, 6.07) is 19.5. The molecule has 0 radical (unpaired) electrons. The Morgan fingerprint density at radius 2 is 1.63 bits per heavy atom. The summed E-state index contributed by atoms with van der Waals surface area (Å²) in [7, 11) is 2.15. The van der Waals surface area contributed by atoms with Gasteiger partial charge in [0.25, 0.3) is 5.56 Å². The van der Waals surface area contributed by atoms with E-state index in [4.69, 9.17) is 16.3 Å². The van der Waals surface area contributed by atoms with Crippen molar-refractivity contribution in [3.8, 4) is 5.75 Å². The van der Waals surface area contributed by atoms with Crippen molar-refractivity contribution in [3.05, 3.63) is 98.9 Å². The predicted molar refractivity (Wildman–Crippen MR) is 123 cm³/mol. The summed E-state index contributed by atoms with van der Waals surface area (Å²) in [5, 5.41) is 0.694. The molecule has 0 N–H and O–H groups in total. The van der Waals surface area contributed by atoms with Crippen LogP contribution < -0.4 is 10.3 Å². The van der Waals surface area contributed by atoms with E-state index in [1.165, 1.54) is 11.1 Å². The summed E-state index contributed by atoms with van der Waals surface area (Å²) in [4.78, 5) is 14.7. The van der Waals surface area contributed by atoms with E-state index in [0.29, 0.717) is 23.9 Å². The Morgan fingerprint density at radius 3 is 2.30 bits per heavy atom. The number of aromatic nitrogens is 1. The van der Waals surface area contributed by atoms with E-state index in [1.807, 2.05) is 30.3 Å². The maximum absolute atomic E-state index is 12.4. The van der Waals surface area contributed by atoms with E-state index in [-0.39, 0.29) is 5.56 Å². The number of aryl methyl sites for hydroxylation is 2. The number of halogens is 1. The van der Waals surface area contributed by atoms with Crippen LogP contribution in [-0.2, 0) is 26.1 Å². The maximum atomic E-state index is 12.4. The third kappa shape index (κ3) is 6.75. The lowest BCUT2D eigenvalue weighted by Gasteiger charge is -2.15. The second kappa shape index (κ2) is 11.0. The highest BCUT2D eigenvalue weighted by molar-refractivity contribution is 6.30. The van der Waals surface area contributed by atoms with Crippen LogP contribution >= 0.6 is 11.6 Å². The summed E-state index contributed by atoms with van der Waals surface area (Å²) in [6.45, 7) is 5.31. The average molecular weight is 425 g/mol. The molecule has 0 aliphatic rings. The minimum absolute atomic E-state index is 0.0542. The zero-order chi connectivity index (χ0) is 21.3. The molecule has 158 valence electrons. The van der Waals surface area contributed by atoms with E-state index in [1.54, 1.807) is 16.8 Å². The van der Waals surface area contributed by atoms with Crippen LogP contribution in [0, 0.1) is 0 Å². The summed E-state index contributed by atoms with van der Waals surface area (Å²) in [5.41, 5.74) is 3.50. The van der Waals surface area contributed by atoms with Crippen LogP contribution in [0.2, 0.25) is 5.02 Å².